The zero-order chi connectivity index (χ0) is 11.5. The Hall–Kier alpha value is -2.03. The topological polar surface area (TPSA) is 63.3 Å². The summed E-state index contributed by atoms with van der Waals surface area (Å²) in [5.74, 6) is -1.22. The Bertz CT molecular complexity index is 475. The Morgan fingerprint density at radius 3 is 2.94 bits per heavy atom. The van der Waals surface area contributed by atoms with E-state index in [-0.39, 0.29) is 0 Å². The van der Waals surface area contributed by atoms with Gasteiger partial charge in [-0.2, -0.15) is 0 Å². The molecule has 0 amide bonds. The predicted molar refractivity (Wildman–Crippen MR) is 63.7 cm³/mol. The molecule has 0 bridgehead atoms. The van der Waals surface area contributed by atoms with Crippen LogP contribution in [0, 0.1) is 5.92 Å². The van der Waals surface area contributed by atoms with Gasteiger partial charge >= 0.3 is 5.97 Å². The van der Waals surface area contributed by atoms with Crippen molar-refractivity contribution in [3.63, 3.8) is 0 Å². The molecule has 1 aliphatic rings. The SMILES string of the molecule is Nc1cccc(C2=CC=CC(C(=O)O)C2)c1. The maximum absolute atomic E-state index is 10.9. The van der Waals surface area contributed by atoms with Gasteiger partial charge in [-0.05, 0) is 29.7 Å². The van der Waals surface area contributed by atoms with Crippen LogP contribution in [0.3, 0.4) is 0 Å². The number of hydrogen-bond donors (Lipinski definition) is 2. The van der Waals surface area contributed by atoms with Gasteiger partial charge in [0.15, 0.2) is 0 Å². The lowest BCUT2D eigenvalue weighted by molar-refractivity contribution is -0.139. The maximum atomic E-state index is 10.9. The largest absolute Gasteiger partial charge is 0.481 e. The minimum Gasteiger partial charge on any atom is -0.481 e. The van der Waals surface area contributed by atoms with Gasteiger partial charge in [0.1, 0.15) is 0 Å². The number of aliphatic carboxylic acids is 1. The minimum atomic E-state index is -0.786. The number of carboxylic acids is 1. The molecule has 0 heterocycles. The van der Waals surface area contributed by atoms with Gasteiger partial charge < -0.3 is 10.8 Å². The van der Waals surface area contributed by atoms with E-state index in [4.69, 9.17) is 10.8 Å². The molecule has 1 unspecified atom stereocenters. The zero-order valence-corrected chi connectivity index (χ0v) is 8.76. The van der Waals surface area contributed by atoms with Crippen LogP contribution < -0.4 is 5.73 Å². The number of anilines is 1. The predicted octanol–water partition coefficient (Wildman–Crippen LogP) is 2.31. The third kappa shape index (κ3) is 2.14. The van der Waals surface area contributed by atoms with Gasteiger partial charge in [0.05, 0.1) is 5.92 Å². The third-order valence-corrected chi connectivity index (χ3v) is 2.66. The highest BCUT2D eigenvalue weighted by Gasteiger charge is 2.18. The highest BCUT2D eigenvalue weighted by molar-refractivity contribution is 5.79. The molecule has 3 N–H and O–H groups in total. The molecule has 0 saturated carbocycles. The van der Waals surface area contributed by atoms with E-state index >= 15 is 0 Å². The van der Waals surface area contributed by atoms with Crippen molar-refractivity contribution >= 4 is 17.2 Å². The van der Waals surface area contributed by atoms with Crippen LogP contribution in [-0.2, 0) is 4.79 Å². The smallest absolute Gasteiger partial charge is 0.310 e. The number of nitrogens with two attached hydrogens (primary N) is 1. The van der Waals surface area contributed by atoms with E-state index in [0.717, 1.165) is 11.1 Å². The number of benzene rings is 1. The van der Waals surface area contributed by atoms with Crippen molar-refractivity contribution in [3.05, 3.63) is 48.1 Å². The van der Waals surface area contributed by atoms with E-state index in [0.29, 0.717) is 12.1 Å². The summed E-state index contributed by atoms with van der Waals surface area (Å²) in [4.78, 5) is 10.9. The first-order chi connectivity index (χ1) is 7.66. The molecule has 0 fully saturated rings. The molecular formula is C13H13NO2. The molecule has 0 aromatic heterocycles. The summed E-state index contributed by atoms with van der Waals surface area (Å²) in [6, 6.07) is 7.50. The van der Waals surface area contributed by atoms with Crippen molar-refractivity contribution < 1.29 is 9.90 Å². The third-order valence-electron chi connectivity index (χ3n) is 2.66. The Labute approximate surface area is 93.9 Å². The van der Waals surface area contributed by atoms with E-state index < -0.39 is 11.9 Å². The van der Waals surface area contributed by atoms with Crippen LogP contribution in [0.4, 0.5) is 5.69 Å². The van der Waals surface area contributed by atoms with Gasteiger partial charge in [-0.3, -0.25) is 4.79 Å². The number of carboxylic acid groups (broad SMARTS) is 1. The highest BCUT2D eigenvalue weighted by Crippen LogP contribution is 2.28. The summed E-state index contributed by atoms with van der Waals surface area (Å²) >= 11 is 0. The van der Waals surface area contributed by atoms with E-state index in [1.807, 2.05) is 30.3 Å². The van der Waals surface area contributed by atoms with Gasteiger partial charge in [0.2, 0.25) is 0 Å². The Morgan fingerprint density at radius 1 is 1.44 bits per heavy atom. The summed E-state index contributed by atoms with van der Waals surface area (Å²) in [7, 11) is 0. The molecule has 3 heteroatoms. The van der Waals surface area contributed by atoms with Crippen molar-refractivity contribution in [2.24, 2.45) is 5.92 Å². The maximum Gasteiger partial charge on any atom is 0.310 e. The van der Waals surface area contributed by atoms with Gasteiger partial charge in [0.25, 0.3) is 0 Å². The normalized spacial score (nSPS) is 19.2. The fourth-order valence-electron chi connectivity index (χ4n) is 1.80. The van der Waals surface area contributed by atoms with E-state index in [1.54, 1.807) is 12.2 Å². The second-order valence-corrected chi connectivity index (χ2v) is 3.85. The number of allylic oxidation sites excluding steroid dienone is 3. The Kier molecular flexibility index (Phi) is 2.77. The average Bonchev–Trinajstić information content (AvgIpc) is 2.29. The van der Waals surface area contributed by atoms with Crippen LogP contribution >= 0.6 is 0 Å². The van der Waals surface area contributed by atoms with E-state index in [1.165, 1.54) is 0 Å². The lowest BCUT2D eigenvalue weighted by Crippen LogP contribution is -2.13. The summed E-state index contributed by atoms with van der Waals surface area (Å²) in [5.41, 5.74) is 8.40. The number of nitrogen functional groups attached to an aromatic ring is 1. The van der Waals surface area contributed by atoms with Crippen LogP contribution in [-0.4, -0.2) is 11.1 Å². The van der Waals surface area contributed by atoms with Crippen LogP contribution in [0.5, 0.6) is 0 Å². The molecule has 3 nitrogen and oxygen atoms in total. The van der Waals surface area contributed by atoms with Crippen LogP contribution in [0.15, 0.2) is 42.5 Å². The van der Waals surface area contributed by atoms with Crippen molar-refractivity contribution in [2.75, 3.05) is 5.73 Å². The number of hydrogen-bond acceptors (Lipinski definition) is 2. The average molecular weight is 215 g/mol. The molecule has 16 heavy (non-hydrogen) atoms. The fraction of sp³-hybridized carbons (Fsp3) is 0.154. The second kappa shape index (κ2) is 4.23. The molecule has 2 rings (SSSR count). The van der Waals surface area contributed by atoms with Gasteiger partial charge in [-0.15, -0.1) is 0 Å². The van der Waals surface area contributed by atoms with E-state index in [9.17, 15) is 4.79 Å². The number of carbonyl (C=O) groups is 1. The van der Waals surface area contributed by atoms with Crippen LogP contribution in [0.25, 0.3) is 5.57 Å². The summed E-state index contributed by atoms with van der Waals surface area (Å²) in [6.45, 7) is 0. The highest BCUT2D eigenvalue weighted by atomic mass is 16.4. The van der Waals surface area contributed by atoms with Crippen LogP contribution in [0.1, 0.15) is 12.0 Å². The molecule has 0 spiro atoms. The van der Waals surface area contributed by atoms with Gasteiger partial charge in [0, 0.05) is 5.69 Å². The molecule has 0 aliphatic heterocycles. The molecular weight excluding hydrogens is 202 g/mol. The first-order valence-electron chi connectivity index (χ1n) is 5.13. The van der Waals surface area contributed by atoms with Gasteiger partial charge in [-0.1, -0.05) is 30.4 Å². The molecule has 1 aliphatic carbocycles. The lowest BCUT2D eigenvalue weighted by atomic mass is 9.90. The monoisotopic (exact) mass is 215 g/mol. The minimum absolute atomic E-state index is 0.429. The van der Waals surface area contributed by atoms with Crippen molar-refractivity contribution in [3.8, 4) is 0 Å². The molecule has 82 valence electrons. The first kappa shape index (κ1) is 10.5. The first-order valence-corrected chi connectivity index (χ1v) is 5.13. The Balaban J connectivity index is 2.26. The number of rotatable bonds is 2. The quantitative estimate of drug-likeness (QED) is 0.744. The lowest BCUT2D eigenvalue weighted by Gasteiger charge is -2.15. The summed E-state index contributed by atoms with van der Waals surface area (Å²) < 4.78 is 0. The second-order valence-electron chi connectivity index (χ2n) is 3.85. The van der Waals surface area contributed by atoms with Crippen molar-refractivity contribution in [1.82, 2.24) is 0 Å². The van der Waals surface area contributed by atoms with Crippen LogP contribution in [0.2, 0.25) is 0 Å². The summed E-state index contributed by atoms with van der Waals surface area (Å²) in [6.07, 6.45) is 5.96. The van der Waals surface area contributed by atoms with Crippen molar-refractivity contribution in [2.45, 2.75) is 6.42 Å². The Morgan fingerprint density at radius 2 is 2.25 bits per heavy atom. The molecule has 0 radical (unpaired) electrons. The van der Waals surface area contributed by atoms with Crippen molar-refractivity contribution in [1.29, 1.82) is 0 Å². The van der Waals surface area contributed by atoms with Gasteiger partial charge in [-0.25, -0.2) is 0 Å². The molecule has 1 aromatic rings. The molecule has 0 saturated heterocycles. The van der Waals surface area contributed by atoms with E-state index in [2.05, 4.69) is 0 Å². The molecule has 1 aromatic carbocycles. The fourth-order valence-corrected chi connectivity index (χ4v) is 1.80. The summed E-state index contributed by atoms with van der Waals surface area (Å²) in [5, 5.41) is 8.95. The zero-order valence-electron chi connectivity index (χ0n) is 8.76. The molecule has 1 atom stereocenters. The standard InChI is InChI=1S/C13H13NO2/c14-12-6-2-4-10(8-12)9-3-1-5-11(7-9)13(15)16/h1-6,8,11H,7,14H2,(H,15,16).